The van der Waals surface area contributed by atoms with Gasteiger partial charge in [-0.15, -0.1) is 0 Å². The quantitative estimate of drug-likeness (QED) is 0.734. The SMILES string of the molecule is CS(=O)(=O)N(CCCc1ccccc1)CC(=O)N1CCOCC1. The van der Waals surface area contributed by atoms with E-state index in [0.717, 1.165) is 12.7 Å². The second-order valence-corrected chi connectivity index (χ2v) is 7.66. The molecule has 0 N–H and O–H groups in total. The van der Waals surface area contributed by atoms with Crippen molar-refractivity contribution in [1.82, 2.24) is 9.21 Å². The van der Waals surface area contributed by atoms with Crippen molar-refractivity contribution in [3.05, 3.63) is 35.9 Å². The van der Waals surface area contributed by atoms with E-state index in [1.807, 2.05) is 30.3 Å². The summed E-state index contributed by atoms with van der Waals surface area (Å²) in [4.78, 5) is 13.9. The van der Waals surface area contributed by atoms with Crippen molar-refractivity contribution in [2.45, 2.75) is 12.8 Å². The fourth-order valence-corrected chi connectivity index (χ4v) is 3.34. The summed E-state index contributed by atoms with van der Waals surface area (Å²) in [6.45, 7) is 2.34. The monoisotopic (exact) mass is 340 g/mol. The predicted molar refractivity (Wildman–Crippen MR) is 88.6 cm³/mol. The zero-order chi connectivity index (χ0) is 16.7. The molecule has 0 saturated carbocycles. The molecule has 1 amide bonds. The fourth-order valence-electron chi connectivity index (χ4n) is 2.53. The highest BCUT2D eigenvalue weighted by Crippen LogP contribution is 2.07. The molecule has 6 nitrogen and oxygen atoms in total. The summed E-state index contributed by atoms with van der Waals surface area (Å²) in [5.74, 6) is -0.154. The van der Waals surface area contributed by atoms with E-state index >= 15 is 0 Å². The second kappa shape index (κ2) is 8.42. The maximum atomic E-state index is 12.3. The zero-order valence-corrected chi connectivity index (χ0v) is 14.3. The Morgan fingerprint density at radius 2 is 1.87 bits per heavy atom. The van der Waals surface area contributed by atoms with Gasteiger partial charge in [0.05, 0.1) is 26.0 Å². The third-order valence-electron chi connectivity index (χ3n) is 3.86. The largest absolute Gasteiger partial charge is 0.378 e. The van der Waals surface area contributed by atoms with Gasteiger partial charge < -0.3 is 9.64 Å². The van der Waals surface area contributed by atoms with Gasteiger partial charge in [-0.1, -0.05) is 30.3 Å². The van der Waals surface area contributed by atoms with Crippen LogP contribution in [0.15, 0.2) is 30.3 Å². The number of hydrogen-bond acceptors (Lipinski definition) is 4. The van der Waals surface area contributed by atoms with Gasteiger partial charge in [0.1, 0.15) is 0 Å². The number of sulfonamides is 1. The molecule has 0 unspecified atom stereocenters. The lowest BCUT2D eigenvalue weighted by Gasteiger charge is -2.29. The van der Waals surface area contributed by atoms with E-state index < -0.39 is 10.0 Å². The zero-order valence-electron chi connectivity index (χ0n) is 13.5. The van der Waals surface area contributed by atoms with Gasteiger partial charge in [-0.3, -0.25) is 4.79 Å². The van der Waals surface area contributed by atoms with Crippen LogP contribution in [0.4, 0.5) is 0 Å². The number of amides is 1. The third-order valence-corrected chi connectivity index (χ3v) is 5.11. The Morgan fingerprint density at radius 1 is 1.22 bits per heavy atom. The average molecular weight is 340 g/mol. The Morgan fingerprint density at radius 3 is 2.48 bits per heavy atom. The first-order valence-corrected chi connectivity index (χ1v) is 9.66. The molecular weight excluding hydrogens is 316 g/mol. The van der Waals surface area contributed by atoms with Crippen LogP contribution in [-0.4, -0.2) is 69.2 Å². The Bertz CT molecular complexity index is 598. The van der Waals surface area contributed by atoms with Gasteiger partial charge in [0.25, 0.3) is 0 Å². The molecule has 0 spiro atoms. The summed E-state index contributed by atoms with van der Waals surface area (Å²) in [6, 6.07) is 9.91. The number of aryl methyl sites for hydroxylation is 1. The highest BCUT2D eigenvalue weighted by Gasteiger charge is 2.24. The van der Waals surface area contributed by atoms with Crippen LogP contribution in [0.1, 0.15) is 12.0 Å². The molecule has 0 aliphatic carbocycles. The minimum absolute atomic E-state index is 0.0897. The van der Waals surface area contributed by atoms with E-state index in [9.17, 15) is 13.2 Å². The van der Waals surface area contributed by atoms with Crippen molar-refractivity contribution < 1.29 is 17.9 Å². The van der Waals surface area contributed by atoms with Gasteiger partial charge >= 0.3 is 0 Å². The molecule has 1 aromatic carbocycles. The normalized spacial score (nSPS) is 15.8. The van der Waals surface area contributed by atoms with Gasteiger partial charge in [-0.2, -0.15) is 4.31 Å². The van der Waals surface area contributed by atoms with Crippen LogP contribution in [0.3, 0.4) is 0 Å². The van der Waals surface area contributed by atoms with Crippen LogP contribution >= 0.6 is 0 Å². The maximum Gasteiger partial charge on any atom is 0.238 e. The van der Waals surface area contributed by atoms with Gasteiger partial charge in [0.2, 0.25) is 15.9 Å². The highest BCUT2D eigenvalue weighted by molar-refractivity contribution is 7.88. The van der Waals surface area contributed by atoms with E-state index in [1.165, 1.54) is 9.87 Å². The fraction of sp³-hybridized carbons (Fsp3) is 0.562. The lowest BCUT2D eigenvalue weighted by molar-refractivity contribution is -0.135. The smallest absolute Gasteiger partial charge is 0.238 e. The van der Waals surface area contributed by atoms with Crippen LogP contribution in [0.5, 0.6) is 0 Å². The van der Waals surface area contributed by atoms with Crippen LogP contribution in [-0.2, 0) is 26.0 Å². The van der Waals surface area contributed by atoms with Crippen LogP contribution in [0.25, 0.3) is 0 Å². The molecule has 0 radical (unpaired) electrons. The number of ether oxygens (including phenoxy) is 1. The molecule has 2 rings (SSSR count). The second-order valence-electron chi connectivity index (χ2n) is 5.68. The van der Waals surface area contributed by atoms with Gasteiger partial charge in [-0.25, -0.2) is 8.42 Å². The molecule has 1 aliphatic rings. The molecular formula is C16H24N2O4S. The van der Waals surface area contributed by atoms with Crippen LogP contribution in [0.2, 0.25) is 0 Å². The first-order chi connectivity index (χ1) is 11.0. The predicted octanol–water partition coefficient (Wildman–Crippen LogP) is 0.740. The summed E-state index contributed by atoms with van der Waals surface area (Å²) in [6.07, 6.45) is 2.63. The molecule has 23 heavy (non-hydrogen) atoms. The Labute approximate surface area is 138 Å². The Hall–Kier alpha value is -1.44. The summed E-state index contributed by atoms with van der Waals surface area (Å²) >= 11 is 0. The van der Waals surface area contributed by atoms with Crippen molar-refractivity contribution in [3.8, 4) is 0 Å². The van der Waals surface area contributed by atoms with Gasteiger partial charge in [0.15, 0.2) is 0 Å². The number of morpholine rings is 1. The molecule has 1 aliphatic heterocycles. The number of rotatable bonds is 7. The lowest BCUT2D eigenvalue weighted by atomic mass is 10.1. The maximum absolute atomic E-state index is 12.3. The number of nitrogens with zero attached hydrogens (tertiary/aromatic N) is 2. The number of hydrogen-bond donors (Lipinski definition) is 0. The molecule has 7 heteroatoms. The van der Waals surface area contributed by atoms with Crippen LogP contribution < -0.4 is 0 Å². The topological polar surface area (TPSA) is 66.9 Å². The van der Waals surface area contributed by atoms with Crippen molar-refractivity contribution in [3.63, 3.8) is 0 Å². The average Bonchev–Trinajstić information content (AvgIpc) is 2.54. The number of benzene rings is 1. The van der Waals surface area contributed by atoms with E-state index in [-0.39, 0.29) is 12.5 Å². The first-order valence-electron chi connectivity index (χ1n) is 7.81. The van der Waals surface area contributed by atoms with Gasteiger partial charge in [-0.05, 0) is 18.4 Å². The summed E-state index contributed by atoms with van der Waals surface area (Å²) in [5, 5.41) is 0. The number of carbonyl (C=O) groups excluding carboxylic acids is 1. The standard InChI is InChI=1S/C16H24N2O4S/c1-23(20,21)18(9-5-8-15-6-3-2-4-7-15)14-16(19)17-10-12-22-13-11-17/h2-4,6-7H,5,8-14H2,1H3. The minimum atomic E-state index is -3.40. The van der Waals surface area contributed by atoms with E-state index in [0.29, 0.717) is 39.3 Å². The molecule has 0 bridgehead atoms. The molecule has 0 atom stereocenters. The highest BCUT2D eigenvalue weighted by atomic mass is 32.2. The van der Waals surface area contributed by atoms with E-state index in [1.54, 1.807) is 4.90 Å². The molecule has 0 aromatic heterocycles. The van der Waals surface area contributed by atoms with E-state index in [2.05, 4.69) is 0 Å². The molecule has 1 saturated heterocycles. The minimum Gasteiger partial charge on any atom is -0.378 e. The Kier molecular flexibility index (Phi) is 6.56. The number of carbonyl (C=O) groups is 1. The van der Waals surface area contributed by atoms with Gasteiger partial charge in [0, 0.05) is 19.6 Å². The van der Waals surface area contributed by atoms with Crippen LogP contribution in [0, 0.1) is 0 Å². The molecule has 1 fully saturated rings. The molecule has 1 aromatic rings. The molecule has 128 valence electrons. The summed E-state index contributed by atoms with van der Waals surface area (Å²) in [7, 11) is -3.40. The van der Waals surface area contributed by atoms with E-state index in [4.69, 9.17) is 4.74 Å². The van der Waals surface area contributed by atoms with Crippen molar-refractivity contribution in [2.24, 2.45) is 0 Å². The van der Waals surface area contributed by atoms with Crippen molar-refractivity contribution in [2.75, 3.05) is 45.6 Å². The first kappa shape index (κ1) is 17.9. The lowest BCUT2D eigenvalue weighted by Crippen LogP contribution is -2.47. The molecule has 1 heterocycles. The van der Waals surface area contributed by atoms with Crippen molar-refractivity contribution >= 4 is 15.9 Å². The van der Waals surface area contributed by atoms with Crippen molar-refractivity contribution in [1.29, 1.82) is 0 Å². The third kappa shape index (κ3) is 5.93. The Balaban J connectivity index is 1.88. The summed E-state index contributed by atoms with van der Waals surface area (Å²) in [5.41, 5.74) is 1.17. The summed E-state index contributed by atoms with van der Waals surface area (Å²) < 4.78 is 30.3.